The zero-order chi connectivity index (χ0) is 19.3. The maximum Gasteiger partial charge on any atom is 0.232 e. The molecule has 2 nitrogen and oxygen atoms in total. The molecule has 3 aliphatic carbocycles. The Balaban J connectivity index is 2.29. The van der Waals surface area contributed by atoms with Crippen LogP contribution in [0.15, 0.2) is 21.5 Å². The van der Waals surface area contributed by atoms with Crippen molar-refractivity contribution in [3.63, 3.8) is 0 Å². The zero-order valence-corrected chi connectivity index (χ0v) is 18.4. The highest BCUT2D eigenvalue weighted by Gasteiger charge is 2.48. The van der Waals surface area contributed by atoms with Crippen molar-refractivity contribution in [3.8, 4) is 0 Å². The molecule has 0 bridgehead atoms. The lowest BCUT2D eigenvalue weighted by molar-refractivity contribution is -0.131. The van der Waals surface area contributed by atoms with Crippen molar-refractivity contribution in [2.24, 2.45) is 0 Å². The third kappa shape index (κ3) is 3.51. The van der Waals surface area contributed by atoms with Gasteiger partial charge in [-0.15, -0.1) is 0 Å². The average Bonchev–Trinajstić information content (AvgIpc) is 3.22. The highest BCUT2D eigenvalue weighted by molar-refractivity contribution is 6.92. The molecule has 0 amide bonds. The van der Waals surface area contributed by atoms with Crippen molar-refractivity contribution in [2.75, 3.05) is 0 Å². The first-order valence-electron chi connectivity index (χ1n) is 9.06. The third-order valence-corrected chi connectivity index (χ3v) is 8.83. The van der Waals surface area contributed by atoms with E-state index in [0.717, 1.165) is 27.8 Å². The molecule has 0 aliphatic heterocycles. The van der Waals surface area contributed by atoms with E-state index in [1.165, 1.54) is 0 Å². The zero-order valence-electron chi connectivity index (χ0n) is 16.4. The molecule has 0 aromatic rings. The van der Waals surface area contributed by atoms with E-state index >= 15 is 0 Å². The molecule has 10 radical (unpaired) electrons. The highest BCUT2D eigenvalue weighted by atomic mass is 28.3. The number of Topliss-reactive ketones (excluding diaryl/α,β-unsaturated/α-hetero) is 2. The van der Waals surface area contributed by atoms with Crippen LogP contribution in [0.25, 0.3) is 0 Å². The van der Waals surface area contributed by atoms with Crippen molar-refractivity contribution >= 4 is 27.7 Å². The van der Waals surface area contributed by atoms with Gasteiger partial charge in [0.05, 0.1) is 16.1 Å². The van der Waals surface area contributed by atoms with E-state index in [2.05, 4.69) is 52.1 Å². The first-order chi connectivity index (χ1) is 12.0. The molecule has 4 heteroatoms. The Bertz CT molecular complexity index is 674. The topological polar surface area (TPSA) is 34.1 Å². The summed E-state index contributed by atoms with van der Waals surface area (Å²) < 4.78 is 0. The molecule has 0 saturated heterocycles. The second-order valence-corrected chi connectivity index (χ2v) is 19.0. The molecule has 0 aromatic carbocycles. The number of ketones is 2. The summed E-state index contributed by atoms with van der Waals surface area (Å²) in [7, 11) is -3.87. The van der Waals surface area contributed by atoms with E-state index in [1.807, 2.05) is 38.5 Å². The van der Waals surface area contributed by atoms with Crippen LogP contribution in [0.3, 0.4) is 0 Å². The fourth-order valence-electron chi connectivity index (χ4n) is 3.86. The molecule has 2 saturated carbocycles. The molecular formula is C22H26O2Si2. The van der Waals surface area contributed by atoms with Gasteiger partial charge in [0.2, 0.25) is 11.6 Å². The summed E-state index contributed by atoms with van der Waals surface area (Å²) in [5.74, 6) is 1.50. The van der Waals surface area contributed by atoms with E-state index in [1.54, 1.807) is 0 Å². The Morgan fingerprint density at radius 1 is 0.731 bits per heavy atom. The number of hydrogen-bond acceptors (Lipinski definition) is 2. The van der Waals surface area contributed by atoms with Crippen LogP contribution in [0, 0.1) is 63.2 Å². The van der Waals surface area contributed by atoms with Gasteiger partial charge in [-0.3, -0.25) is 9.59 Å². The number of carbonyl (C=O) groups excluding carboxylic acids is 2. The van der Waals surface area contributed by atoms with Gasteiger partial charge in [-0.05, 0) is 62.1 Å². The minimum atomic E-state index is -1.99. The molecule has 3 rings (SSSR count). The molecule has 3 aliphatic rings. The number of allylic oxidation sites excluding steroid dienone is 4. The molecule has 134 valence electrons. The smallest absolute Gasteiger partial charge is 0.232 e. The van der Waals surface area contributed by atoms with Crippen molar-refractivity contribution in [3.05, 3.63) is 84.7 Å². The van der Waals surface area contributed by atoms with Crippen LogP contribution in [0.4, 0.5) is 0 Å². The van der Waals surface area contributed by atoms with Gasteiger partial charge in [-0.2, -0.15) is 0 Å². The summed E-state index contributed by atoms with van der Waals surface area (Å²) in [5.41, 5.74) is 1.58. The van der Waals surface area contributed by atoms with Crippen LogP contribution in [0.5, 0.6) is 0 Å². The number of rotatable bonds is 4. The Morgan fingerprint density at radius 3 is 1.69 bits per heavy atom. The lowest BCUT2D eigenvalue weighted by Crippen LogP contribution is -2.32. The lowest BCUT2D eigenvalue weighted by Gasteiger charge is -2.30. The van der Waals surface area contributed by atoms with E-state index < -0.39 is 16.1 Å². The maximum absolute atomic E-state index is 13.2. The fourth-order valence-corrected chi connectivity index (χ4v) is 7.69. The quantitative estimate of drug-likeness (QED) is 0.415. The average molecular weight is 379 g/mol. The molecule has 0 unspecified atom stereocenters. The van der Waals surface area contributed by atoms with Crippen LogP contribution in [-0.4, -0.2) is 27.7 Å². The minimum Gasteiger partial charge on any atom is -0.286 e. The van der Waals surface area contributed by atoms with Gasteiger partial charge >= 0.3 is 0 Å². The first kappa shape index (κ1) is 20.0. The molecule has 0 heterocycles. The van der Waals surface area contributed by atoms with Gasteiger partial charge in [-0.1, -0.05) is 44.5 Å². The Kier molecular flexibility index (Phi) is 5.39. The van der Waals surface area contributed by atoms with Crippen molar-refractivity contribution in [1.82, 2.24) is 0 Å². The lowest BCUT2D eigenvalue weighted by atomic mass is 9.90. The largest absolute Gasteiger partial charge is 0.286 e. The van der Waals surface area contributed by atoms with E-state index in [4.69, 9.17) is 0 Å². The standard InChI is InChI=1S/C22H26O2Si2/c1-25(2,3)21(16-13-9-10-14-16)18-17(15-11-7-8-12-15)22(26(4,5)6)20(24)19(18)23/h7-14H,1-6H3/b21-18-. The van der Waals surface area contributed by atoms with Crippen molar-refractivity contribution in [1.29, 1.82) is 0 Å². The maximum atomic E-state index is 13.2. The van der Waals surface area contributed by atoms with Crippen molar-refractivity contribution < 1.29 is 9.59 Å². The second kappa shape index (κ2) is 7.01. The van der Waals surface area contributed by atoms with E-state index in [9.17, 15) is 9.59 Å². The molecule has 0 N–H and O–H groups in total. The summed E-state index contributed by atoms with van der Waals surface area (Å²) in [6.07, 6.45) is 16.1. The summed E-state index contributed by atoms with van der Waals surface area (Å²) in [6, 6.07) is 0. The Labute approximate surface area is 161 Å². The van der Waals surface area contributed by atoms with Gasteiger partial charge in [0.15, 0.2) is 0 Å². The predicted octanol–water partition coefficient (Wildman–Crippen LogP) is 4.30. The molecule has 0 aromatic heterocycles. The van der Waals surface area contributed by atoms with E-state index in [-0.39, 0.29) is 11.6 Å². The monoisotopic (exact) mass is 378 g/mol. The number of carbonyl (C=O) groups is 2. The summed E-state index contributed by atoms with van der Waals surface area (Å²) in [6.45, 7) is 13.2. The fraction of sp³-hybridized carbons (Fsp3) is 0.273. The summed E-state index contributed by atoms with van der Waals surface area (Å²) >= 11 is 0. The van der Waals surface area contributed by atoms with Crippen molar-refractivity contribution in [2.45, 2.75) is 39.3 Å². The predicted molar refractivity (Wildman–Crippen MR) is 112 cm³/mol. The molecule has 2 fully saturated rings. The van der Waals surface area contributed by atoms with Crippen LogP contribution in [-0.2, 0) is 9.59 Å². The van der Waals surface area contributed by atoms with Gasteiger partial charge in [0.1, 0.15) is 0 Å². The van der Waals surface area contributed by atoms with E-state index in [0.29, 0.717) is 5.57 Å². The number of hydrogen-bond donors (Lipinski definition) is 0. The molecular weight excluding hydrogens is 352 g/mol. The van der Waals surface area contributed by atoms with Gasteiger partial charge in [0, 0.05) is 17.4 Å². The SMILES string of the molecule is C[Si](C)(C)C1=C([C]2[CH][CH][CH][CH]2)/C(=C(\[C]2[CH][CH][CH][CH]2)[Si](C)(C)C)C(=O)C1=O. The first-order valence-corrected chi connectivity index (χ1v) is 16.1. The van der Waals surface area contributed by atoms with Gasteiger partial charge < -0.3 is 0 Å². The van der Waals surface area contributed by atoms with Crippen LogP contribution >= 0.6 is 0 Å². The second-order valence-electron chi connectivity index (χ2n) is 9.01. The molecule has 26 heavy (non-hydrogen) atoms. The van der Waals surface area contributed by atoms with Gasteiger partial charge in [0.25, 0.3) is 0 Å². The van der Waals surface area contributed by atoms with Crippen LogP contribution in [0.2, 0.25) is 39.3 Å². The summed E-state index contributed by atoms with van der Waals surface area (Å²) in [4.78, 5) is 26.3. The van der Waals surface area contributed by atoms with Gasteiger partial charge in [-0.25, -0.2) is 0 Å². The molecule has 0 spiro atoms. The molecule has 0 atom stereocenters. The Morgan fingerprint density at radius 2 is 1.23 bits per heavy atom. The third-order valence-electron chi connectivity index (χ3n) is 4.81. The Hall–Kier alpha value is -0.746. The van der Waals surface area contributed by atoms with Crippen LogP contribution in [0.1, 0.15) is 0 Å². The normalized spacial score (nSPS) is 25.8. The van der Waals surface area contributed by atoms with Crippen LogP contribution < -0.4 is 0 Å². The highest BCUT2D eigenvalue weighted by Crippen LogP contribution is 2.48. The summed E-state index contributed by atoms with van der Waals surface area (Å²) in [5, 5.41) is 1.89. The minimum absolute atomic E-state index is 0.280.